The fourth-order valence-electron chi connectivity index (χ4n) is 2.10. The number of anilines is 1. The van der Waals surface area contributed by atoms with Crippen LogP contribution in [0.25, 0.3) is 0 Å². The standard InChI is InChI=1S/C17H16BrClN2O3/c1-10(22)21-15-7-11(3-6-16(15)24-2)9-20-17(23)13-8-12(19)4-5-14(13)18/h3-8H,9H2,1-2H3,(H,20,23)(H,21,22). The smallest absolute Gasteiger partial charge is 0.252 e. The number of ether oxygens (including phenoxy) is 1. The van der Waals surface area contributed by atoms with Crippen molar-refractivity contribution in [2.45, 2.75) is 13.5 Å². The average molecular weight is 412 g/mol. The summed E-state index contributed by atoms with van der Waals surface area (Å²) in [5, 5.41) is 6.01. The Kier molecular flexibility index (Phi) is 6.23. The van der Waals surface area contributed by atoms with Crippen molar-refractivity contribution < 1.29 is 14.3 Å². The molecule has 2 rings (SSSR count). The number of hydrogen-bond acceptors (Lipinski definition) is 3. The van der Waals surface area contributed by atoms with E-state index >= 15 is 0 Å². The van der Waals surface area contributed by atoms with Gasteiger partial charge in [-0.05, 0) is 51.8 Å². The molecule has 5 nitrogen and oxygen atoms in total. The third-order valence-corrected chi connectivity index (χ3v) is 4.13. The van der Waals surface area contributed by atoms with Gasteiger partial charge in [0.15, 0.2) is 0 Å². The first-order chi connectivity index (χ1) is 11.4. The summed E-state index contributed by atoms with van der Waals surface area (Å²) in [4.78, 5) is 23.5. The van der Waals surface area contributed by atoms with Gasteiger partial charge in [0.1, 0.15) is 5.75 Å². The van der Waals surface area contributed by atoms with E-state index in [9.17, 15) is 9.59 Å². The molecule has 0 bridgehead atoms. The molecule has 2 aromatic rings. The van der Waals surface area contributed by atoms with Crippen molar-refractivity contribution in [1.29, 1.82) is 0 Å². The lowest BCUT2D eigenvalue weighted by atomic mass is 10.1. The molecule has 0 aliphatic heterocycles. The van der Waals surface area contributed by atoms with Crippen molar-refractivity contribution >= 4 is 45.0 Å². The van der Waals surface area contributed by atoms with E-state index < -0.39 is 0 Å². The van der Waals surface area contributed by atoms with Gasteiger partial charge in [-0.3, -0.25) is 9.59 Å². The highest BCUT2D eigenvalue weighted by atomic mass is 79.9. The summed E-state index contributed by atoms with van der Waals surface area (Å²) in [6, 6.07) is 10.3. The molecule has 0 aliphatic carbocycles. The van der Waals surface area contributed by atoms with Crippen molar-refractivity contribution in [3.63, 3.8) is 0 Å². The largest absolute Gasteiger partial charge is 0.495 e. The Hall–Kier alpha value is -2.05. The fourth-order valence-corrected chi connectivity index (χ4v) is 2.70. The molecule has 2 aromatic carbocycles. The van der Waals surface area contributed by atoms with E-state index in [1.54, 1.807) is 30.3 Å². The highest BCUT2D eigenvalue weighted by Crippen LogP contribution is 2.26. The molecular weight excluding hydrogens is 396 g/mol. The van der Waals surface area contributed by atoms with E-state index in [2.05, 4.69) is 26.6 Å². The number of benzene rings is 2. The van der Waals surface area contributed by atoms with Gasteiger partial charge in [-0.25, -0.2) is 0 Å². The monoisotopic (exact) mass is 410 g/mol. The maximum atomic E-state index is 12.3. The predicted molar refractivity (Wildman–Crippen MR) is 97.6 cm³/mol. The van der Waals surface area contributed by atoms with Crippen LogP contribution in [0, 0.1) is 0 Å². The van der Waals surface area contributed by atoms with Crippen LogP contribution in [0.15, 0.2) is 40.9 Å². The molecule has 0 heterocycles. The second-order valence-corrected chi connectivity index (χ2v) is 6.31. The summed E-state index contributed by atoms with van der Waals surface area (Å²) >= 11 is 9.26. The van der Waals surface area contributed by atoms with Crippen LogP contribution in [-0.4, -0.2) is 18.9 Å². The number of carbonyl (C=O) groups is 2. The Bertz CT molecular complexity index is 780. The van der Waals surface area contributed by atoms with Crippen LogP contribution >= 0.6 is 27.5 Å². The van der Waals surface area contributed by atoms with Gasteiger partial charge in [0.25, 0.3) is 5.91 Å². The van der Waals surface area contributed by atoms with Crippen LogP contribution in [0.1, 0.15) is 22.8 Å². The summed E-state index contributed by atoms with van der Waals surface area (Å²) in [5.41, 5.74) is 1.84. The van der Waals surface area contributed by atoms with Gasteiger partial charge in [0.2, 0.25) is 5.91 Å². The molecule has 2 amide bonds. The number of halogens is 2. The van der Waals surface area contributed by atoms with E-state index in [0.29, 0.717) is 33.0 Å². The van der Waals surface area contributed by atoms with Crippen molar-refractivity contribution in [2.75, 3.05) is 12.4 Å². The molecule has 0 fully saturated rings. The normalized spacial score (nSPS) is 10.2. The average Bonchev–Trinajstić information content (AvgIpc) is 2.54. The Morgan fingerprint density at radius 2 is 1.96 bits per heavy atom. The van der Waals surface area contributed by atoms with Gasteiger partial charge in [-0.2, -0.15) is 0 Å². The lowest BCUT2D eigenvalue weighted by Crippen LogP contribution is -2.23. The Morgan fingerprint density at radius 3 is 2.62 bits per heavy atom. The third-order valence-electron chi connectivity index (χ3n) is 3.20. The summed E-state index contributed by atoms with van der Waals surface area (Å²) in [6.07, 6.45) is 0. The molecule has 0 unspecified atom stereocenters. The molecule has 0 saturated carbocycles. The summed E-state index contributed by atoms with van der Waals surface area (Å²) in [5.74, 6) is 0.108. The quantitative estimate of drug-likeness (QED) is 0.781. The van der Waals surface area contributed by atoms with E-state index in [-0.39, 0.29) is 11.8 Å². The second-order valence-electron chi connectivity index (χ2n) is 5.02. The van der Waals surface area contributed by atoms with E-state index in [1.807, 2.05) is 6.07 Å². The van der Waals surface area contributed by atoms with E-state index in [0.717, 1.165) is 5.56 Å². The number of nitrogens with one attached hydrogen (secondary N) is 2. The third kappa shape index (κ3) is 4.72. The van der Waals surface area contributed by atoms with Crippen molar-refractivity contribution in [1.82, 2.24) is 5.32 Å². The molecule has 0 spiro atoms. The first-order valence-corrected chi connectivity index (χ1v) is 8.25. The summed E-state index contributed by atoms with van der Waals surface area (Å²) in [6.45, 7) is 1.72. The molecule has 2 N–H and O–H groups in total. The predicted octanol–water partition coefficient (Wildman–Crippen LogP) is 4.00. The minimum absolute atomic E-state index is 0.197. The second kappa shape index (κ2) is 8.17. The van der Waals surface area contributed by atoms with Crippen LogP contribution in [0.2, 0.25) is 5.02 Å². The molecular formula is C17H16BrClN2O3. The molecule has 126 valence electrons. The van der Waals surface area contributed by atoms with Crippen molar-refractivity contribution in [3.8, 4) is 5.75 Å². The highest BCUT2D eigenvalue weighted by molar-refractivity contribution is 9.10. The lowest BCUT2D eigenvalue weighted by Gasteiger charge is -2.12. The molecule has 0 saturated heterocycles. The van der Waals surface area contributed by atoms with Crippen molar-refractivity contribution in [3.05, 3.63) is 57.0 Å². The molecule has 0 atom stereocenters. The van der Waals surface area contributed by atoms with Crippen LogP contribution in [0.5, 0.6) is 5.75 Å². The minimum Gasteiger partial charge on any atom is -0.495 e. The van der Waals surface area contributed by atoms with Crippen LogP contribution in [0.4, 0.5) is 5.69 Å². The molecule has 24 heavy (non-hydrogen) atoms. The number of carbonyl (C=O) groups excluding carboxylic acids is 2. The van der Waals surface area contributed by atoms with Gasteiger partial charge >= 0.3 is 0 Å². The van der Waals surface area contributed by atoms with Crippen LogP contribution in [-0.2, 0) is 11.3 Å². The number of rotatable bonds is 5. The summed E-state index contributed by atoms with van der Waals surface area (Å²) < 4.78 is 5.87. The molecule has 0 radical (unpaired) electrons. The first-order valence-electron chi connectivity index (χ1n) is 7.08. The minimum atomic E-state index is -0.249. The summed E-state index contributed by atoms with van der Waals surface area (Å²) in [7, 11) is 1.53. The zero-order chi connectivity index (χ0) is 17.7. The van der Waals surface area contributed by atoms with Crippen LogP contribution in [0.3, 0.4) is 0 Å². The van der Waals surface area contributed by atoms with Gasteiger partial charge in [-0.15, -0.1) is 0 Å². The number of hydrogen-bond donors (Lipinski definition) is 2. The Labute approximate surface area is 153 Å². The topological polar surface area (TPSA) is 67.4 Å². The number of amides is 2. The molecule has 7 heteroatoms. The fraction of sp³-hybridized carbons (Fsp3) is 0.176. The Balaban J connectivity index is 2.12. The van der Waals surface area contributed by atoms with Gasteiger partial charge < -0.3 is 15.4 Å². The van der Waals surface area contributed by atoms with Gasteiger partial charge in [-0.1, -0.05) is 17.7 Å². The number of methoxy groups -OCH3 is 1. The zero-order valence-corrected chi connectivity index (χ0v) is 15.5. The Morgan fingerprint density at radius 1 is 1.21 bits per heavy atom. The lowest BCUT2D eigenvalue weighted by molar-refractivity contribution is -0.114. The van der Waals surface area contributed by atoms with Crippen LogP contribution < -0.4 is 15.4 Å². The van der Waals surface area contributed by atoms with E-state index in [1.165, 1.54) is 14.0 Å². The van der Waals surface area contributed by atoms with Gasteiger partial charge in [0, 0.05) is 23.0 Å². The maximum absolute atomic E-state index is 12.3. The zero-order valence-electron chi connectivity index (χ0n) is 13.2. The van der Waals surface area contributed by atoms with Gasteiger partial charge in [0.05, 0.1) is 18.4 Å². The van der Waals surface area contributed by atoms with E-state index in [4.69, 9.17) is 16.3 Å². The first kappa shape index (κ1) is 18.3. The molecule has 0 aliphatic rings. The highest BCUT2D eigenvalue weighted by Gasteiger charge is 2.11. The van der Waals surface area contributed by atoms with Crippen molar-refractivity contribution in [2.24, 2.45) is 0 Å². The maximum Gasteiger partial charge on any atom is 0.252 e. The SMILES string of the molecule is COc1ccc(CNC(=O)c2cc(Cl)ccc2Br)cc1NC(C)=O. The molecule has 0 aromatic heterocycles.